The van der Waals surface area contributed by atoms with E-state index in [1.165, 1.54) is 4.43 Å². The average molecular weight is 216 g/mol. The van der Waals surface area contributed by atoms with Crippen LogP contribution in [-0.4, -0.2) is 15.8 Å². The normalized spacial score (nSPS) is 14.7. The molecule has 1 unspecified atom stereocenters. The van der Waals surface area contributed by atoms with Gasteiger partial charge in [0.05, 0.1) is 0 Å². The number of hydrogen-bond acceptors (Lipinski definition) is 2. The van der Waals surface area contributed by atoms with Gasteiger partial charge in [0.2, 0.25) is 0 Å². The summed E-state index contributed by atoms with van der Waals surface area (Å²) in [6, 6.07) is 0. The van der Waals surface area contributed by atoms with Crippen molar-refractivity contribution in [2.75, 3.05) is 4.43 Å². The molecule has 2 nitrogen and oxygen atoms in total. The molecule has 0 saturated carbocycles. The molecule has 0 aliphatic carbocycles. The molecule has 0 amide bonds. The van der Waals surface area contributed by atoms with Crippen molar-refractivity contribution in [2.24, 2.45) is 0 Å². The third-order valence-corrected chi connectivity index (χ3v) is 2.47. The zero-order chi connectivity index (χ0) is 5.70. The fourth-order valence-electron chi connectivity index (χ4n) is 0.189. The molecule has 46 valence electrons. The number of nitrogens with one attached hydrogen (secondary N) is 1. The van der Waals surface area contributed by atoms with Crippen LogP contribution in [0.4, 0.5) is 0 Å². The molecule has 0 aliphatic rings. The van der Waals surface area contributed by atoms with Crippen LogP contribution in [0.2, 0.25) is 0 Å². The van der Waals surface area contributed by atoms with Crippen molar-refractivity contribution in [3.63, 3.8) is 0 Å². The van der Waals surface area contributed by atoms with Crippen LogP contribution in [0, 0.1) is 0 Å². The van der Waals surface area contributed by atoms with Crippen molar-refractivity contribution in [1.82, 2.24) is 3.53 Å². The summed E-state index contributed by atoms with van der Waals surface area (Å²) in [5, 5.41) is 8.60. The van der Waals surface area contributed by atoms with Gasteiger partial charge < -0.3 is 0 Å². The van der Waals surface area contributed by atoms with Crippen LogP contribution in [-0.2, 0) is 0 Å². The minimum absolute atomic E-state index is 0.0877. The molecule has 0 fully saturated rings. The first-order valence-corrected chi connectivity index (χ1v) is 4.89. The number of aliphatic hydroxyl groups is 1. The number of halogens is 1. The zero-order valence-corrected chi connectivity index (χ0v) is 6.77. The van der Waals surface area contributed by atoms with Gasteiger partial charge in [0, 0.05) is 0 Å². The van der Waals surface area contributed by atoms with Gasteiger partial charge in [-0.15, -0.1) is 0 Å². The summed E-state index contributed by atoms with van der Waals surface area (Å²) in [7, 11) is 0. The van der Waals surface area contributed by atoms with E-state index < -0.39 is 0 Å². The van der Waals surface area contributed by atoms with Gasteiger partial charge in [-0.05, 0) is 0 Å². The monoisotopic (exact) mass is 216 g/mol. The van der Waals surface area contributed by atoms with Crippen LogP contribution in [0.3, 0.4) is 0 Å². The standard InChI is InChI=1S/C4H11INO/c1-3-5-6-4(2)7/h4,6-7H,3H2,1-2H3/q-1. The zero-order valence-electron chi connectivity index (χ0n) is 4.61. The fraction of sp³-hybridized carbons (Fsp3) is 1.00. The molecule has 7 heavy (non-hydrogen) atoms. The molecule has 0 aromatic heterocycles. The first-order valence-electron chi connectivity index (χ1n) is 2.29. The van der Waals surface area contributed by atoms with E-state index in [4.69, 9.17) is 5.11 Å². The van der Waals surface area contributed by atoms with Gasteiger partial charge >= 0.3 is 54.6 Å². The second kappa shape index (κ2) is 4.80. The molecule has 0 aromatic rings. The SMILES string of the molecule is CC[I-]NC(C)O. The predicted molar refractivity (Wildman–Crippen MR) is 25.4 cm³/mol. The Kier molecular flexibility index (Phi) is 5.25. The Bertz CT molecular complexity index is 40.7. The average Bonchev–Trinajstić information content (AvgIpc) is 1.61. The van der Waals surface area contributed by atoms with Gasteiger partial charge in [-0.3, -0.25) is 0 Å². The maximum atomic E-state index is 8.60. The number of hydrogen-bond donors (Lipinski definition) is 2. The van der Waals surface area contributed by atoms with Gasteiger partial charge in [-0.25, -0.2) is 0 Å². The van der Waals surface area contributed by atoms with E-state index in [9.17, 15) is 0 Å². The van der Waals surface area contributed by atoms with Crippen LogP contribution in [0.1, 0.15) is 13.8 Å². The molecule has 0 rings (SSSR count). The second-order valence-corrected chi connectivity index (χ2v) is 4.10. The third-order valence-electron chi connectivity index (χ3n) is 0.369. The van der Waals surface area contributed by atoms with Gasteiger partial charge in [0.1, 0.15) is 0 Å². The van der Waals surface area contributed by atoms with E-state index in [2.05, 4.69) is 10.5 Å². The van der Waals surface area contributed by atoms with Crippen molar-refractivity contribution >= 4 is 0 Å². The second-order valence-electron chi connectivity index (χ2n) is 1.19. The summed E-state index contributed by atoms with van der Waals surface area (Å²) in [4.78, 5) is 0. The van der Waals surface area contributed by atoms with Gasteiger partial charge in [-0.2, -0.15) is 0 Å². The van der Waals surface area contributed by atoms with Crippen molar-refractivity contribution < 1.29 is 26.6 Å². The summed E-state index contributed by atoms with van der Waals surface area (Å²) in [6.45, 7) is 3.86. The Morgan fingerprint density at radius 2 is 2.43 bits per heavy atom. The van der Waals surface area contributed by atoms with Gasteiger partial charge in [-0.1, -0.05) is 0 Å². The predicted octanol–water partition coefficient (Wildman–Crippen LogP) is -3.06. The molecular weight excluding hydrogens is 205 g/mol. The Morgan fingerprint density at radius 1 is 1.86 bits per heavy atom. The van der Waals surface area contributed by atoms with Crippen molar-refractivity contribution in [3.05, 3.63) is 0 Å². The number of aliphatic hydroxyl groups excluding tert-OH is 1. The number of rotatable bonds is 3. The summed E-state index contributed by atoms with van der Waals surface area (Å²) in [5.41, 5.74) is 0. The minimum atomic E-state index is -0.298. The molecule has 0 radical (unpaired) electrons. The molecule has 0 saturated heterocycles. The third kappa shape index (κ3) is 6.65. The molecule has 0 aromatic carbocycles. The van der Waals surface area contributed by atoms with E-state index in [1.807, 2.05) is 0 Å². The van der Waals surface area contributed by atoms with E-state index in [0.29, 0.717) is 0 Å². The van der Waals surface area contributed by atoms with Crippen LogP contribution < -0.4 is 25.0 Å². The van der Waals surface area contributed by atoms with E-state index in [0.717, 1.165) is 0 Å². The molecule has 2 N–H and O–H groups in total. The summed E-state index contributed by atoms with van der Waals surface area (Å²) < 4.78 is 4.14. The van der Waals surface area contributed by atoms with E-state index in [1.54, 1.807) is 6.92 Å². The first-order chi connectivity index (χ1) is 3.27. The summed E-state index contributed by atoms with van der Waals surface area (Å²) in [5.74, 6) is 0. The van der Waals surface area contributed by atoms with Crippen LogP contribution in [0.5, 0.6) is 0 Å². The fourth-order valence-corrected chi connectivity index (χ4v) is 1.27. The Hall–Kier alpha value is 0.650. The van der Waals surface area contributed by atoms with Crippen LogP contribution in [0.25, 0.3) is 0 Å². The molecule has 1 atom stereocenters. The van der Waals surface area contributed by atoms with Crippen molar-refractivity contribution in [2.45, 2.75) is 20.1 Å². The van der Waals surface area contributed by atoms with E-state index in [-0.39, 0.29) is 27.7 Å². The molecule has 0 aliphatic heterocycles. The van der Waals surface area contributed by atoms with Crippen LogP contribution in [0.15, 0.2) is 0 Å². The van der Waals surface area contributed by atoms with E-state index >= 15 is 0 Å². The molecule has 0 spiro atoms. The quantitative estimate of drug-likeness (QED) is 0.227. The van der Waals surface area contributed by atoms with Crippen molar-refractivity contribution in [1.29, 1.82) is 0 Å². The Labute approximate surface area is 54.9 Å². The Morgan fingerprint density at radius 3 is 2.57 bits per heavy atom. The Balaban J connectivity index is 2.68. The molecule has 0 bridgehead atoms. The van der Waals surface area contributed by atoms with Gasteiger partial charge in [0.25, 0.3) is 0 Å². The van der Waals surface area contributed by atoms with Crippen LogP contribution >= 0.6 is 0 Å². The number of alkyl halides is 1. The molecule has 0 heterocycles. The van der Waals surface area contributed by atoms with Crippen molar-refractivity contribution in [3.8, 4) is 0 Å². The molecule has 3 heteroatoms. The first kappa shape index (κ1) is 7.65. The topological polar surface area (TPSA) is 32.3 Å². The summed E-state index contributed by atoms with van der Waals surface area (Å²) in [6.07, 6.45) is -0.298. The van der Waals surface area contributed by atoms with Gasteiger partial charge in [0.15, 0.2) is 0 Å². The maximum absolute atomic E-state index is 8.60. The summed E-state index contributed by atoms with van der Waals surface area (Å²) >= 11 is 0.0877. The molecular formula is C4H11INO-.